The highest BCUT2D eigenvalue weighted by atomic mass is 32.1. The van der Waals surface area contributed by atoms with Crippen molar-refractivity contribution in [3.05, 3.63) is 38.9 Å². The maximum absolute atomic E-state index is 14.0. The summed E-state index contributed by atoms with van der Waals surface area (Å²) in [5.74, 6) is -2.00. The van der Waals surface area contributed by atoms with Crippen LogP contribution in [0.5, 0.6) is 0 Å². The Balaban J connectivity index is 2.42. The van der Waals surface area contributed by atoms with Crippen molar-refractivity contribution in [3.8, 4) is 10.6 Å². The molecule has 0 saturated carbocycles. The Morgan fingerprint density at radius 3 is 2.80 bits per heavy atom. The van der Waals surface area contributed by atoms with Crippen molar-refractivity contribution in [2.75, 3.05) is 6.54 Å². The van der Waals surface area contributed by atoms with Crippen molar-refractivity contribution < 1.29 is 13.7 Å². The van der Waals surface area contributed by atoms with Gasteiger partial charge in [-0.1, -0.05) is 18.3 Å². The molecular weight excluding hydrogens is 290 g/mol. The SMILES string of the molecule is CCNCc1nnc(-c2cc(F)cc([N+](=O)[O-])c2F)s1. The van der Waals surface area contributed by atoms with E-state index in [9.17, 15) is 18.9 Å². The minimum absolute atomic E-state index is 0.109. The molecule has 1 aromatic carbocycles. The molecule has 6 nitrogen and oxygen atoms in total. The van der Waals surface area contributed by atoms with E-state index in [-0.39, 0.29) is 10.6 Å². The molecule has 0 aliphatic heterocycles. The number of nitrogens with zero attached hydrogens (tertiary/aromatic N) is 3. The molecule has 0 aliphatic carbocycles. The number of aromatic nitrogens is 2. The van der Waals surface area contributed by atoms with Crippen LogP contribution in [-0.4, -0.2) is 21.7 Å². The molecule has 106 valence electrons. The van der Waals surface area contributed by atoms with Crippen molar-refractivity contribution in [3.63, 3.8) is 0 Å². The Labute approximate surface area is 116 Å². The molecule has 0 fully saturated rings. The highest BCUT2D eigenvalue weighted by molar-refractivity contribution is 7.14. The van der Waals surface area contributed by atoms with E-state index >= 15 is 0 Å². The summed E-state index contributed by atoms with van der Waals surface area (Å²) in [5, 5.41) is 21.9. The molecule has 9 heteroatoms. The van der Waals surface area contributed by atoms with Gasteiger partial charge in [-0.05, 0) is 12.6 Å². The predicted molar refractivity (Wildman–Crippen MR) is 69.3 cm³/mol. The van der Waals surface area contributed by atoms with E-state index in [1.807, 2.05) is 6.92 Å². The Bertz CT molecular complexity index is 647. The third-order valence-electron chi connectivity index (χ3n) is 2.44. The molecule has 20 heavy (non-hydrogen) atoms. The van der Waals surface area contributed by atoms with Gasteiger partial charge in [0.2, 0.25) is 5.82 Å². The fourth-order valence-corrected chi connectivity index (χ4v) is 2.35. The second kappa shape index (κ2) is 5.97. The first kappa shape index (κ1) is 14.4. The average molecular weight is 300 g/mol. The van der Waals surface area contributed by atoms with Crippen LogP contribution in [0.3, 0.4) is 0 Å². The van der Waals surface area contributed by atoms with Crippen LogP contribution in [0.1, 0.15) is 11.9 Å². The second-order valence-electron chi connectivity index (χ2n) is 3.82. The van der Waals surface area contributed by atoms with Crippen LogP contribution in [0.4, 0.5) is 14.5 Å². The Morgan fingerprint density at radius 1 is 1.40 bits per heavy atom. The standard InChI is InChI=1S/C11H10F2N4O2S/c1-2-14-5-9-15-16-11(20-9)7-3-6(12)4-8(10(7)13)17(18)19/h3-4,14H,2,5H2,1H3. The molecule has 1 aromatic heterocycles. The number of benzene rings is 1. The zero-order valence-corrected chi connectivity index (χ0v) is 11.2. The summed E-state index contributed by atoms with van der Waals surface area (Å²) in [6.45, 7) is 3.10. The molecule has 0 bridgehead atoms. The number of rotatable bonds is 5. The zero-order valence-electron chi connectivity index (χ0n) is 10.4. The van der Waals surface area contributed by atoms with Gasteiger partial charge in [0.15, 0.2) is 5.01 Å². The first-order valence-electron chi connectivity index (χ1n) is 5.69. The third kappa shape index (κ3) is 2.94. The summed E-state index contributed by atoms with van der Waals surface area (Å²) in [4.78, 5) is 9.69. The van der Waals surface area contributed by atoms with Crippen molar-refractivity contribution in [1.29, 1.82) is 0 Å². The topological polar surface area (TPSA) is 81.0 Å². The van der Waals surface area contributed by atoms with E-state index in [4.69, 9.17) is 0 Å². The Hall–Kier alpha value is -2.00. The first-order chi connectivity index (χ1) is 9.52. The minimum Gasteiger partial charge on any atom is -0.311 e. The van der Waals surface area contributed by atoms with Crippen molar-refractivity contribution in [1.82, 2.24) is 15.5 Å². The van der Waals surface area contributed by atoms with Crippen LogP contribution < -0.4 is 5.32 Å². The van der Waals surface area contributed by atoms with E-state index in [2.05, 4.69) is 15.5 Å². The third-order valence-corrected chi connectivity index (χ3v) is 3.39. The summed E-state index contributed by atoms with van der Waals surface area (Å²) in [6.07, 6.45) is 0. The fourth-order valence-electron chi connectivity index (χ4n) is 1.53. The maximum atomic E-state index is 14.0. The van der Waals surface area contributed by atoms with Crippen LogP contribution in [-0.2, 0) is 6.54 Å². The number of hydrogen-bond donors (Lipinski definition) is 1. The van der Waals surface area contributed by atoms with Gasteiger partial charge >= 0.3 is 5.69 Å². The number of hydrogen-bond acceptors (Lipinski definition) is 6. The molecule has 0 unspecified atom stereocenters. The average Bonchev–Trinajstić information content (AvgIpc) is 2.87. The first-order valence-corrected chi connectivity index (χ1v) is 6.51. The van der Waals surface area contributed by atoms with Gasteiger partial charge < -0.3 is 5.32 Å². The molecule has 1 heterocycles. The van der Waals surface area contributed by atoms with Crippen LogP contribution in [0, 0.1) is 21.7 Å². The summed E-state index contributed by atoms with van der Waals surface area (Å²) in [5.41, 5.74) is -1.17. The van der Waals surface area contributed by atoms with Gasteiger partial charge in [-0.25, -0.2) is 4.39 Å². The van der Waals surface area contributed by atoms with Crippen molar-refractivity contribution in [2.45, 2.75) is 13.5 Å². The zero-order chi connectivity index (χ0) is 14.7. The second-order valence-corrected chi connectivity index (χ2v) is 4.89. The van der Waals surface area contributed by atoms with Crippen LogP contribution in [0.25, 0.3) is 10.6 Å². The lowest BCUT2D eigenvalue weighted by Crippen LogP contribution is -2.11. The van der Waals surface area contributed by atoms with Crippen LogP contribution >= 0.6 is 11.3 Å². The summed E-state index contributed by atoms with van der Waals surface area (Å²) >= 11 is 1.06. The Kier molecular flexibility index (Phi) is 4.30. The van der Waals surface area contributed by atoms with Gasteiger partial charge in [0.1, 0.15) is 10.8 Å². The lowest BCUT2D eigenvalue weighted by Gasteiger charge is -2.00. The fraction of sp³-hybridized carbons (Fsp3) is 0.273. The van der Waals surface area contributed by atoms with Crippen molar-refractivity contribution >= 4 is 17.0 Å². The number of nitro groups is 1. The molecule has 1 N–H and O–H groups in total. The van der Waals surface area contributed by atoms with E-state index in [0.29, 0.717) is 17.6 Å². The predicted octanol–water partition coefficient (Wildman–Crippen LogP) is 2.50. The van der Waals surface area contributed by atoms with Gasteiger partial charge in [-0.3, -0.25) is 10.1 Å². The van der Waals surface area contributed by atoms with E-state index in [1.165, 1.54) is 0 Å². The molecule has 0 spiro atoms. The smallest absolute Gasteiger partial charge is 0.308 e. The number of nitro benzene ring substituents is 1. The van der Waals surface area contributed by atoms with Crippen LogP contribution in [0.15, 0.2) is 12.1 Å². The van der Waals surface area contributed by atoms with E-state index in [1.54, 1.807) is 0 Å². The van der Waals surface area contributed by atoms with Gasteiger partial charge in [0, 0.05) is 6.54 Å². The van der Waals surface area contributed by atoms with Gasteiger partial charge in [-0.2, -0.15) is 4.39 Å². The highest BCUT2D eigenvalue weighted by Gasteiger charge is 2.23. The molecule has 0 radical (unpaired) electrons. The monoisotopic (exact) mass is 300 g/mol. The normalized spacial score (nSPS) is 10.8. The quantitative estimate of drug-likeness (QED) is 0.678. The summed E-state index contributed by atoms with van der Waals surface area (Å²) in [7, 11) is 0. The van der Waals surface area contributed by atoms with E-state index in [0.717, 1.165) is 23.9 Å². The molecule has 0 saturated heterocycles. The molecule has 0 atom stereocenters. The molecule has 0 aliphatic rings. The van der Waals surface area contributed by atoms with E-state index < -0.39 is 22.2 Å². The number of halogens is 2. The molecule has 0 amide bonds. The molecular formula is C11H10F2N4O2S. The largest absolute Gasteiger partial charge is 0.311 e. The maximum Gasteiger partial charge on any atom is 0.308 e. The van der Waals surface area contributed by atoms with Crippen molar-refractivity contribution in [2.24, 2.45) is 0 Å². The lowest BCUT2D eigenvalue weighted by atomic mass is 10.2. The minimum atomic E-state index is -1.11. The summed E-state index contributed by atoms with van der Waals surface area (Å²) in [6, 6.07) is 1.42. The highest BCUT2D eigenvalue weighted by Crippen LogP contribution is 2.32. The number of nitrogens with one attached hydrogen (secondary N) is 1. The van der Waals surface area contributed by atoms with Gasteiger partial charge in [0.05, 0.1) is 16.6 Å². The van der Waals surface area contributed by atoms with Gasteiger partial charge in [0.25, 0.3) is 0 Å². The molecule has 2 rings (SSSR count). The lowest BCUT2D eigenvalue weighted by molar-refractivity contribution is -0.387. The van der Waals surface area contributed by atoms with Gasteiger partial charge in [-0.15, -0.1) is 10.2 Å². The van der Waals surface area contributed by atoms with Crippen LogP contribution in [0.2, 0.25) is 0 Å². The summed E-state index contributed by atoms with van der Waals surface area (Å²) < 4.78 is 27.3. The molecule has 2 aromatic rings. The Morgan fingerprint density at radius 2 is 2.15 bits per heavy atom.